The topological polar surface area (TPSA) is 42.7 Å². The molecule has 4 heteroatoms. The number of pyridine rings is 1. The van der Waals surface area contributed by atoms with Crippen molar-refractivity contribution in [3.63, 3.8) is 0 Å². The van der Waals surface area contributed by atoms with Crippen molar-refractivity contribution in [1.82, 2.24) is 20.1 Å². The molecule has 2 heterocycles. The van der Waals surface area contributed by atoms with Crippen LogP contribution >= 0.6 is 0 Å². The molecule has 1 N–H and O–H groups in total. The molecule has 3 rings (SSSR count). The van der Waals surface area contributed by atoms with Gasteiger partial charge in [-0.05, 0) is 36.4 Å². The lowest BCUT2D eigenvalue weighted by molar-refractivity contribution is 0.573. The molecule has 0 bridgehead atoms. The first kappa shape index (κ1) is 12.8. The van der Waals surface area contributed by atoms with Crippen LogP contribution in [0.1, 0.15) is 24.2 Å². The Morgan fingerprint density at radius 3 is 2.85 bits per heavy atom. The number of nitrogens with zero attached hydrogens (tertiary/aromatic N) is 3. The third-order valence-electron chi connectivity index (χ3n) is 3.52. The highest BCUT2D eigenvalue weighted by Gasteiger charge is 2.16. The Morgan fingerprint density at radius 2 is 2.10 bits per heavy atom. The highest BCUT2D eigenvalue weighted by Crippen LogP contribution is 2.24. The molecule has 4 nitrogen and oxygen atoms in total. The molecule has 0 aliphatic rings. The van der Waals surface area contributed by atoms with Crippen LogP contribution in [0.4, 0.5) is 0 Å². The maximum Gasteiger partial charge on any atom is 0.0748 e. The van der Waals surface area contributed by atoms with E-state index in [4.69, 9.17) is 0 Å². The molecule has 1 atom stereocenters. The van der Waals surface area contributed by atoms with E-state index in [1.807, 2.05) is 30.2 Å². The molecule has 0 saturated heterocycles. The van der Waals surface area contributed by atoms with Crippen LogP contribution in [0, 0.1) is 0 Å². The summed E-state index contributed by atoms with van der Waals surface area (Å²) in [6, 6.07) is 12.7. The Kier molecular flexibility index (Phi) is 3.48. The van der Waals surface area contributed by atoms with Gasteiger partial charge in [0.15, 0.2) is 0 Å². The first-order chi connectivity index (χ1) is 9.79. The van der Waals surface area contributed by atoms with E-state index in [1.165, 1.54) is 5.56 Å². The quantitative estimate of drug-likeness (QED) is 0.789. The van der Waals surface area contributed by atoms with Crippen LogP contribution in [0.3, 0.4) is 0 Å². The average molecular weight is 266 g/mol. The van der Waals surface area contributed by atoms with Crippen molar-refractivity contribution in [2.24, 2.45) is 7.05 Å². The first-order valence-electron chi connectivity index (χ1n) is 6.85. The molecule has 0 fully saturated rings. The summed E-state index contributed by atoms with van der Waals surface area (Å²) in [5.74, 6) is 0. The van der Waals surface area contributed by atoms with Gasteiger partial charge in [0.05, 0.1) is 17.3 Å². The normalized spacial score (nSPS) is 12.7. The zero-order valence-electron chi connectivity index (χ0n) is 11.7. The SMILES string of the molecule is CCNC(c1ccc2ncccc2c1)c1ccnn1C. The van der Waals surface area contributed by atoms with Gasteiger partial charge in [-0.1, -0.05) is 19.1 Å². The first-order valence-corrected chi connectivity index (χ1v) is 6.85. The lowest BCUT2D eigenvalue weighted by Crippen LogP contribution is -2.24. The second-order valence-electron chi connectivity index (χ2n) is 4.83. The number of nitrogens with one attached hydrogen (secondary N) is 1. The van der Waals surface area contributed by atoms with E-state index in [0.29, 0.717) is 0 Å². The molecule has 0 amide bonds. The van der Waals surface area contributed by atoms with Crippen LogP contribution in [0.15, 0.2) is 48.8 Å². The smallest absolute Gasteiger partial charge is 0.0748 e. The lowest BCUT2D eigenvalue weighted by Gasteiger charge is -2.19. The maximum atomic E-state index is 4.37. The highest BCUT2D eigenvalue weighted by molar-refractivity contribution is 5.79. The van der Waals surface area contributed by atoms with Crippen molar-refractivity contribution in [2.75, 3.05) is 6.54 Å². The van der Waals surface area contributed by atoms with Gasteiger partial charge in [0.2, 0.25) is 0 Å². The van der Waals surface area contributed by atoms with Crippen LogP contribution in [0.5, 0.6) is 0 Å². The molecule has 0 saturated carbocycles. The Balaban J connectivity index is 2.07. The maximum absolute atomic E-state index is 4.37. The lowest BCUT2D eigenvalue weighted by atomic mass is 10.0. The monoisotopic (exact) mass is 266 g/mol. The fraction of sp³-hybridized carbons (Fsp3) is 0.250. The predicted molar refractivity (Wildman–Crippen MR) is 80.5 cm³/mol. The van der Waals surface area contributed by atoms with Crippen molar-refractivity contribution < 1.29 is 0 Å². The van der Waals surface area contributed by atoms with E-state index >= 15 is 0 Å². The number of hydrogen-bond donors (Lipinski definition) is 1. The molecule has 3 aromatic rings. The number of fused-ring (bicyclic) bond motifs is 1. The Hall–Kier alpha value is -2.20. The van der Waals surface area contributed by atoms with Crippen LogP contribution in [-0.2, 0) is 7.05 Å². The minimum absolute atomic E-state index is 0.150. The van der Waals surface area contributed by atoms with Gasteiger partial charge in [-0.25, -0.2) is 0 Å². The number of benzene rings is 1. The molecule has 102 valence electrons. The summed E-state index contributed by atoms with van der Waals surface area (Å²) in [6.45, 7) is 3.02. The van der Waals surface area contributed by atoms with Gasteiger partial charge in [-0.3, -0.25) is 9.67 Å². The molecule has 1 unspecified atom stereocenters. The molecule has 0 radical (unpaired) electrons. The number of aryl methyl sites for hydroxylation is 1. The summed E-state index contributed by atoms with van der Waals surface area (Å²) in [4.78, 5) is 4.37. The second-order valence-corrected chi connectivity index (χ2v) is 4.83. The van der Waals surface area contributed by atoms with Crippen molar-refractivity contribution in [1.29, 1.82) is 0 Å². The standard InChI is InChI=1S/C16H18N4/c1-3-17-16(15-8-10-19-20(15)2)13-6-7-14-12(11-13)5-4-9-18-14/h4-11,16-17H,3H2,1-2H3. The van der Waals surface area contributed by atoms with Gasteiger partial charge in [0, 0.05) is 24.8 Å². The minimum Gasteiger partial charge on any atom is -0.305 e. The fourth-order valence-corrected chi connectivity index (χ4v) is 2.54. The van der Waals surface area contributed by atoms with Crippen molar-refractivity contribution in [2.45, 2.75) is 13.0 Å². The van der Waals surface area contributed by atoms with E-state index in [0.717, 1.165) is 23.1 Å². The average Bonchev–Trinajstić information content (AvgIpc) is 2.90. The van der Waals surface area contributed by atoms with Crippen LogP contribution in [-0.4, -0.2) is 21.3 Å². The fourth-order valence-electron chi connectivity index (χ4n) is 2.54. The highest BCUT2D eigenvalue weighted by atomic mass is 15.3. The minimum atomic E-state index is 0.150. The van der Waals surface area contributed by atoms with Gasteiger partial charge in [-0.15, -0.1) is 0 Å². The Morgan fingerprint density at radius 1 is 1.20 bits per heavy atom. The van der Waals surface area contributed by atoms with Crippen molar-refractivity contribution in [3.05, 3.63) is 60.0 Å². The molecule has 1 aromatic carbocycles. The van der Waals surface area contributed by atoms with Crippen molar-refractivity contribution >= 4 is 10.9 Å². The molecule has 0 aliphatic carbocycles. The van der Waals surface area contributed by atoms with Gasteiger partial charge < -0.3 is 5.32 Å². The summed E-state index contributed by atoms with van der Waals surface area (Å²) in [6.07, 6.45) is 3.66. The summed E-state index contributed by atoms with van der Waals surface area (Å²) < 4.78 is 1.92. The Labute approximate surface area is 118 Å². The Bertz CT molecular complexity index is 717. The summed E-state index contributed by atoms with van der Waals surface area (Å²) in [5.41, 5.74) is 3.42. The number of hydrogen-bond acceptors (Lipinski definition) is 3. The third-order valence-corrected chi connectivity index (χ3v) is 3.52. The van der Waals surface area contributed by atoms with Gasteiger partial charge >= 0.3 is 0 Å². The summed E-state index contributed by atoms with van der Waals surface area (Å²) >= 11 is 0. The zero-order valence-corrected chi connectivity index (χ0v) is 11.7. The van der Waals surface area contributed by atoms with E-state index in [-0.39, 0.29) is 6.04 Å². The number of aromatic nitrogens is 3. The molecule has 20 heavy (non-hydrogen) atoms. The predicted octanol–water partition coefficient (Wildman–Crippen LogP) is 2.67. The van der Waals surface area contributed by atoms with E-state index in [1.54, 1.807) is 0 Å². The van der Waals surface area contributed by atoms with E-state index in [9.17, 15) is 0 Å². The zero-order chi connectivity index (χ0) is 13.9. The largest absolute Gasteiger partial charge is 0.305 e. The molecule has 2 aromatic heterocycles. The van der Waals surface area contributed by atoms with E-state index < -0.39 is 0 Å². The molecular weight excluding hydrogens is 248 g/mol. The molecule has 0 aliphatic heterocycles. The van der Waals surface area contributed by atoms with Gasteiger partial charge in [0.25, 0.3) is 0 Å². The van der Waals surface area contributed by atoms with E-state index in [2.05, 4.69) is 52.7 Å². The van der Waals surface area contributed by atoms with Crippen molar-refractivity contribution in [3.8, 4) is 0 Å². The summed E-state index contributed by atoms with van der Waals surface area (Å²) in [7, 11) is 1.97. The number of rotatable bonds is 4. The third kappa shape index (κ3) is 2.30. The molecule has 0 spiro atoms. The van der Waals surface area contributed by atoms with Gasteiger partial charge in [-0.2, -0.15) is 5.10 Å². The van der Waals surface area contributed by atoms with Gasteiger partial charge in [0.1, 0.15) is 0 Å². The van der Waals surface area contributed by atoms with Crippen LogP contribution in [0.25, 0.3) is 10.9 Å². The second kappa shape index (κ2) is 5.43. The molecular formula is C16H18N4. The van der Waals surface area contributed by atoms with Crippen LogP contribution < -0.4 is 5.32 Å². The van der Waals surface area contributed by atoms with Crippen LogP contribution in [0.2, 0.25) is 0 Å². The summed E-state index contributed by atoms with van der Waals surface area (Å²) in [5, 5.41) is 8.96.